The Labute approximate surface area is 160 Å². The normalized spacial score (nSPS) is 11.1. The van der Waals surface area contributed by atoms with Crippen LogP contribution in [0.1, 0.15) is 10.4 Å². The molecule has 0 saturated heterocycles. The van der Waals surface area contributed by atoms with E-state index in [2.05, 4.69) is 38.1 Å². The molecule has 0 aliphatic carbocycles. The van der Waals surface area contributed by atoms with Crippen LogP contribution in [0.15, 0.2) is 73.2 Å². The summed E-state index contributed by atoms with van der Waals surface area (Å²) in [5.41, 5.74) is 11.8. The Morgan fingerprint density at radius 1 is 0.857 bits per heavy atom. The van der Waals surface area contributed by atoms with Gasteiger partial charge in [0.25, 0.3) is 0 Å². The molecule has 0 unspecified atom stereocenters. The zero-order valence-electron chi connectivity index (χ0n) is 14.8. The third-order valence-corrected chi connectivity index (χ3v) is 4.75. The molecule has 5 rings (SSSR count). The number of carbonyl (C=O) groups is 1. The highest BCUT2D eigenvalue weighted by atomic mass is 16.1. The number of primary amides is 1. The van der Waals surface area contributed by atoms with Gasteiger partial charge >= 0.3 is 0 Å². The number of hydrogen-bond donors (Lipinski definition) is 2. The lowest BCUT2D eigenvalue weighted by Gasteiger charge is -2.06. The van der Waals surface area contributed by atoms with Crippen molar-refractivity contribution < 1.29 is 4.79 Å². The van der Waals surface area contributed by atoms with E-state index in [4.69, 9.17) is 5.73 Å². The Kier molecular flexibility index (Phi) is 3.62. The van der Waals surface area contributed by atoms with Crippen LogP contribution >= 0.6 is 0 Å². The number of H-pyrrole nitrogens is 1. The van der Waals surface area contributed by atoms with Crippen molar-refractivity contribution in [3.63, 3.8) is 0 Å². The van der Waals surface area contributed by atoms with Gasteiger partial charge in [-0.25, -0.2) is 9.97 Å². The molecule has 0 saturated carbocycles. The highest BCUT2D eigenvalue weighted by Crippen LogP contribution is 2.26. The van der Waals surface area contributed by atoms with Crippen LogP contribution in [0.5, 0.6) is 0 Å². The fourth-order valence-corrected chi connectivity index (χ4v) is 3.24. The van der Waals surface area contributed by atoms with Crippen LogP contribution in [0.2, 0.25) is 0 Å². The lowest BCUT2D eigenvalue weighted by Crippen LogP contribution is -2.10. The third-order valence-electron chi connectivity index (χ3n) is 4.75. The molecule has 3 N–H and O–H groups in total. The number of pyridine rings is 1. The summed E-state index contributed by atoms with van der Waals surface area (Å²) in [6.07, 6.45) is 5.45. The van der Waals surface area contributed by atoms with E-state index < -0.39 is 5.91 Å². The third kappa shape index (κ3) is 2.77. The summed E-state index contributed by atoms with van der Waals surface area (Å²) >= 11 is 0. The maximum absolute atomic E-state index is 11.2. The molecule has 6 heteroatoms. The molecule has 6 nitrogen and oxygen atoms in total. The van der Waals surface area contributed by atoms with Gasteiger partial charge in [0.1, 0.15) is 5.52 Å². The fourth-order valence-electron chi connectivity index (χ4n) is 3.24. The average Bonchev–Trinajstić information content (AvgIpc) is 3.21. The zero-order chi connectivity index (χ0) is 19.1. The smallest absolute Gasteiger partial charge is 0.248 e. The molecule has 3 aromatic heterocycles. The van der Waals surface area contributed by atoms with Gasteiger partial charge in [-0.2, -0.15) is 0 Å². The number of aromatic nitrogens is 4. The predicted molar refractivity (Wildman–Crippen MR) is 109 cm³/mol. The van der Waals surface area contributed by atoms with Crippen molar-refractivity contribution in [3.8, 4) is 22.4 Å². The monoisotopic (exact) mass is 365 g/mol. The second kappa shape index (κ2) is 6.28. The number of benzene rings is 2. The number of hydrogen-bond acceptors (Lipinski definition) is 4. The molecule has 0 radical (unpaired) electrons. The topological polar surface area (TPSA) is 97.6 Å². The van der Waals surface area contributed by atoms with Crippen molar-refractivity contribution in [2.24, 2.45) is 5.73 Å². The molecule has 2 aromatic carbocycles. The minimum absolute atomic E-state index is 0.455. The molecule has 0 spiro atoms. The molecule has 0 fully saturated rings. The van der Waals surface area contributed by atoms with Gasteiger partial charge in [-0.1, -0.05) is 18.2 Å². The summed E-state index contributed by atoms with van der Waals surface area (Å²) in [7, 11) is 0. The van der Waals surface area contributed by atoms with E-state index in [9.17, 15) is 4.79 Å². The number of fused-ring (bicyclic) bond motifs is 2. The fraction of sp³-hybridized carbons (Fsp3) is 0. The summed E-state index contributed by atoms with van der Waals surface area (Å²) in [5, 5.41) is 1.15. The molecule has 0 aliphatic rings. The van der Waals surface area contributed by atoms with Crippen molar-refractivity contribution >= 4 is 28.0 Å². The SMILES string of the molecule is NC(=O)c1ccc(-c2cnc3cc(-c4ccc5[nH]ccc5c4)cnc3n2)cc1. The van der Waals surface area contributed by atoms with Crippen LogP contribution in [0.25, 0.3) is 44.5 Å². The van der Waals surface area contributed by atoms with Crippen molar-refractivity contribution in [2.75, 3.05) is 0 Å². The molecule has 0 atom stereocenters. The standard InChI is InChI=1S/C22H15N5O/c23-21(28)14-3-1-13(2-4-14)20-12-25-19-10-17(11-26-22(19)27-20)15-5-6-18-16(9-15)7-8-24-18/h1-12,24H,(H2,23,28). The van der Waals surface area contributed by atoms with E-state index in [0.29, 0.717) is 16.9 Å². The lowest BCUT2D eigenvalue weighted by molar-refractivity contribution is 0.100. The highest BCUT2D eigenvalue weighted by molar-refractivity contribution is 5.93. The Balaban J connectivity index is 1.52. The average molecular weight is 365 g/mol. The predicted octanol–water partition coefficient (Wildman–Crippen LogP) is 3.94. The van der Waals surface area contributed by atoms with E-state index in [1.807, 2.05) is 24.5 Å². The highest BCUT2D eigenvalue weighted by Gasteiger charge is 2.08. The minimum atomic E-state index is -0.455. The maximum atomic E-state index is 11.2. The minimum Gasteiger partial charge on any atom is -0.366 e. The number of amides is 1. The first-order valence-corrected chi connectivity index (χ1v) is 8.78. The van der Waals surface area contributed by atoms with Gasteiger partial charge in [0, 0.05) is 34.6 Å². The van der Waals surface area contributed by atoms with Gasteiger partial charge in [0.2, 0.25) is 5.91 Å². The van der Waals surface area contributed by atoms with Crippen molar-refractivity contribution in [2.45, 2.75) is 0 Å². The molecule has 5 aromatic rings. The first-order valence-electron chi connectivity index (χ1n) is 8.78. The van der Waals surface area contributed by atoms with Crippen LogP contribution in [0.3, 0.4) is 0 Å². The van der Waals surface area contributed by atoms with Gasteiger partial charge in [-0.15, -0.1) is 0 Å². The summed E-state index contributed by atoms with van der Waals surface area (Å²) in [5.74, 6) is -0.455. The number of nitrogens with two attached hydrogens (primary N) is 1. The molecule has 1 amide bonds. The van der Waals surface area contributed by atoms with Crippen molar-refractivity contribution in [1.82, 2.24) is 19.9 Å². The van der Waals surface area contributed by atoms with E-state index in [1.54, 1.807) is 30.5 Å². The zero-order valence-corrected chi connectivity index (χ0v) is 14.8. The van der Waals surface area contributed by atoms with Gasteiger partial charge in [-0.05, 0) is 47.3 Å². The number of rotatable bonds is 3. The molecule has 0 aliphatic heterocycles. The van der Waals surface area contributed by atoms with Gasteiger partial charge in [0.15, 0.2) is 5.65 Å². The summed E-state index contributed by atoms with van der Waals surface area (Å²) in [6, 6.07) is 17.2. The van der Waals surface area contributed by atoms with Gasteiger partial charge < -0.3 is 10.7 Å². The largest absolute Gasteiger partial charge is 0.366 e. The number of aromatic amines is 1. The van der Waals surface area contributed by atoms with Gasteiger partial charge in [0.05, 0.1) is 11.9 Å². The number of carbonyl (C=O) groups excluding carboxylic acids is 1. The number of nitrogens with zero attached hydrogens (tertiary/aromatic N) is 3. The van der Waals surface area contributed by atoms with Crippen LogP contribution in [0, 0.1) is 0 Å². The van der Waals surface area contributed by atoms with E-state index >= 15 is 0 Å². The maximum Gasteiger partial charge on any atom is 0.248 e. The molecule has 134 valence electrons. The summed E-state index contributed by atoms with van der Waals surface area (Å²) in [6.45, 7) is 0. The molecule has 28 heavy (non-hydrogen) atoms. The lowest BCUT2D eigenvalue weighted by atomic mass is 10.1. The van der Waals surface area contributed by atoms with Crippen molar-refractivity contribution in [1.29, 1.82) is 0 Å². The number of nitrogens with one attached hydrogen (secondary N) is 1. The molecular weight excluding hydrogens is 350 g/mol. The van der Waals surface area contributed by atoms with Crippen LogP contribution < -0.4 is 5.73 Å². The van der Waals surface area contributed by atoms with E-state index in [0.717, 1.165) is 33.1 Å². The second-order valence-electron chi connectivity index (χ2n) is 6.54. The Morgan fingerprint density at radius 2 is 1.68 bits per heavy atom. The summed E-state index contributed by atoms with van der Waals surface area (Å²) < 4.78 is 0. The molecule has 3 heterocycles. The molecular formula is C22H15N5O. The first-order chi connectivity index (χ1) is 13.7. The van der Waals surface area contributed by atoms with E-state index in [-0.39, 0.29) is 0 Å². The Bertz CT molecular complexity index is 1340. The summed E-state index contributed by atoms with van der Waals surface area (Å²) in [4.78, 5) is 28.0. The molecule has 0 bridgehead atoms. The second-order valence-corrected chi connectivity index (χ2v) is 6.54. The first kappa shape index (κ1) is 16.1. The van der Waals surface area contributed by atoms with Crippen LogP contribution in [0.4, 0.5) is 0 Å². The Morgan fingerprint density at radius 3 is 2.50 bits per heavy atom. The van der Waals surface area contributed by atoms with Crippen LogP contribution in [-0.2, 0) is 0 Å². The van der Waals surface area contributed by atoms with Gasteiger partial charge in [-0.3, -0.25) is 9.78 Å². The van der Waals surface area contributed by atoms with E-state index in [1.165, 1.54) is 0 Å². The van der Waals surface area contributed by atoms with Crippen LogP contribution in [-0.4, -0.2) is 25.8 Å². The Hall–Kier alpha value is -4.06. The van der Waals surface area contributed by atoms with Crippen molar-refractivity contribution in [3.05, 3.63) is 78.8 Å². The quantitative estimate of drug-likeness (QED) is 0.506.